The summed E-state index contributed by atoms with van der Waals surface area (Å²) in [6, 6.07) is 14.0. The third-order valence-corrected chi connectivity index (χ3v) is 5.15. The summed E-state index contributed by atoms with van der Waals surface area (Å²) in [5, 5.41) is 8.05. The summed E-state index contributed by atoms with van der Waals surface area (Å²) in [7, 11) is 0. The van der Waals surface area contributed by atoms with Crippen molar-refractivity contribution in [1.29, 1.82) is 0 Å². The molecule has 2 amide bonds. The monoisotopic (exact) mass is 340 g/mol. The highest BCUT2D eigenvalue weighted by atomic mass is 16.5. The number of hydrogen-bond donors (Lipinski definition) is 2. The molecule has 2 aromatic carbocycles. The molecular formula is C20H24N2O3. The molecule has 0 aromatic heterocycles. The maximum Gasteiger partial charge on any atom is 0.314 e. The smallest absolute Gasteiger partial charge is 0.314 e. The van der Waals surface area contributed by atoms with E-state index >= 15 is 0 Å². The Morgan fingerprint density at radius 1 is 1.12 bits per heavy atom. The van der Waals surface area contributed by atoms with Gasteiger partial charge in [-0.15, -0.1) is 0 Å². The van der Waals surface area contributed by atoms with Crippen molar-refractivity contribution in [3.05, 3.63) is 42.5 Å². The molecule has 2 heterocycles. The van der Waals surface area contributed by atoms with Crippen molar-refractivity contribution < 1.29 is 14.3 Å². The normalized spacial score (nSPS) is 24.4. The Morgan fingerprint density at radius 2 is 2.00 bits per heavy atom. The molecule has 2 aliphatic rings. The zero-order valence-electron chi connectivity index (χ0n) is 14.2. The van der Waals surface area contributed by atoms with E-state index in [-0.39, 0.29) is 6.03 Å². The highest BCUT2D eigenvalue weighted by Gasteiger charge is 2.40. The van der Waals surface area contributed by atoms with Crippen LogP contribution in [0.15, 0.2) is 42.5 Å². The van der Waals surface area contributed by atoms with Gasteiger partial charge in [0.05, 0.1) is 18.8 Å². The van der Waals surface area contributed by atoms with Gasteiger partial charge in [0.25, 0.3) is 0 Å². The van der Waals surface area contributed by atoms with Crippen LogP contribution in [0.3, 0.4) is 0 Å². The molecule has 2 N–H and O–H groups in total. The first-order chi connectivity index (χ1) is 12.3. The lowest BCUT2D eigenvalue weighted by molar-refractivity contribution is 0.0927. The summed E-state index contributed by atoms with van der Waals surface area (Å²) >= 11 is 0. The van der Waals surface area contributed by atoms with E-state index in [1.807, 2.05) is 30.3 Å². The zero-order valence-corrected chi connectivity index (χ0v) is 14.2. The number of carbonyl (C=O) groups excluding carboxylic acids is 1. The van der Waals surface area contributed by atoms with Crippen molar-refractivity contribution in [2.45, 2.75) is 31.5 Å². The predicted octanol–water partition coefficient (Wildman–Crippen LogP) is 3.09. The number of fused-ring (bicyclic) bond motifs is 3. The molecule has 0 saturated carbocycles. The first-order valence-electron chi connectivity index (χ1n) is 9.07. The third-order valence-electron chi connectivity index (χ3n) is 5.15. The summed E-state index contributed by atoms with van der Waals surface area (Å²) in [5.74, 6) is 1.32. The predicted molar refractivity (Wildman–Crippen MR) is 96.8 cm³/mol. The summed E-state index contributed by atoms with van der Waals surface area (Å²) in [6.45, 7) is 1.61. The Kier molecular flexibility index (Phi) is 4.74. The second-order valence-corrected chi connectivity index (χ2v) is 6.83. The van der Waals surface area contributed by atoms with Crippen LogP contribution in [-0.2, 0) is 4.74 Å². The molecule has 2 aromatic rings. The zero-order chi connectivity index (χ0) is 17.1. The number of amides is 2. The van der Waals surface area contributed by atoms with E-state index in [1.165, 1.54) is 6.42 Å². The Bertz CT molecular complexity index is 743. The SMILES string of the molecule is O=C(NCCOc1cccc2ccccc12)NC[C@@H]1C[C@H]2CC[C@H]1O2. The van der Waals surface area contributed by atoms with Crippen molar-refractivity contribution in [1.82, 2.24) is 10.6 Å². The molecule has 0 radical (unpaired) electrons. The molecular weight excluding hydrogens is 316 g/mol. The van der Waals surface area contributed by atoms with Crippen LogP contribution in [0, 0.1) is 5.92 Å². The van der Waals surface area contributed by atoms with E-state index in [0.717, 1.165) is 29.4 Å². The van der Waals surface area contributed by atoms with Gasteiger partial charge in [0, 0.05) is 17.8 Å². The van der Waals surface area contributed by atoms with E-state index in [9.17, 15) is 4.79 Å². The van der Waals surface area contributed by atoms with E-state index < -0.39 is 0 Å². The summed E-state index contributed by atoms with van der Waals surface area (Å²) in [6.07, 6.45) is 4.17. The van der Waals surface area contributed by atoms with Gasteiger partial charge in [-0.2, -0.15) is 0 Å². The number of nitrogens with one attached hydrogen (secondary N) is 2. The van der Waals surface area contributed by atoms with E-state index in [1.54, 1.807) is 0 Å². The molecule has 4 rings (SSSR count). The van der Waals surface area contributed by atoms with Crippen LogP contribution in [0.1, 0.15) is 19.3 Å². The van der Waals surface area contributed by atoms with Gasteiger partial charge in [-0.3, -0.25) is 0 Å². The van der Waals surface area contributed by atoms with Crippen LogP contribution in [-0.4, -0.2) is 37.9 Å². The van der Waals surface area contributed by atoms with Gasteiger partial charge in [-0.05, 0) is 30.7 Å². The molecule has 2 saturated heterocycles. The van der Waals surface area contributed by atoms with Gasteiger partial charge in [0.15, 0.2) is 0 Å². The molecule has 2 fully saturated rings. The largest absolute Gasteiger partial charge is 0.491 e. The number of benzene rings is 2. The molecule has 0 aliphatic carbocycles. The highest BCUT2D eigenvalue weighted by molar-refractivity contribution is 5.88. The fourth-order valence-electron chi connectivity index (χ4n) is 3.89. The lowest BCUT2D eigenvalue weighted by atomic mass is 9.89. The third kappa shape index (κ3) is 3.71. The van der Waals surface area contributed by atoms with Gasteiger partial charge >= 0.3 is 6.03 Å². The minimum absolute atomic E-state index is 0.135. The van der Waals surface area contributed by atoms with E-state index in [4.69, 9.17) is 9.47 Å². The maximum atomic E-state index is 11.9. The topological polar surface area (TPSA) is 59.6 Å². The second kappa shape index (κ2) is 7.31. The average Bonchev–Trinajstić information content (AvgIpc) is 3.27. The molecule has 2 bridgehead atoms. The molecule has 0 spiro atoms. The Labute approximate surface area is 147 Å². The minimum atomic E-state index is -0.135. The quantitative estimate of drug-likeness (QED) is 0.795. The van der Waals surface area contributed by atoms with Crippen molar-refractivity contribution >= 4 is 16.8 Å². The maximum absolute atomic E-state index is 11.9. The molecule has 5 nitrogen and oxygen atoms in total. The standard InChI is InChI=1S/C20H24N2O3/c23-20(22-13-15-12-16-8-9-18(15)25-16)21-10-11-24-19-7-3-5-14-4-1-2-6-17(14)19/h1-7,15-16,18H,8-13H2,(H2,21,22,23)/t15-,16+,18+/m0/s1. The molecule has 25 heavy (non-hydrogen) atoms. The van der Waals surface area contributed by atoms with Crippen LogP contribution in [0.25, 0.3) is 10.8 Å². The lowest BCUT2D eigenvalue weighted by Crippen LogP contribution is -2.41. The van der Waals surface area contributed by atoms with Crippen LogP contribution in [0.2, 0.25) is 0 Å². The van der Waals surface area contributed by atoms with Gasteiger partial charge in [0.1, 0.15) is 12.4 Å². The van der Waals surface area contributed by atoms with E-state index in [2.05, 4.69) is 22.8 Å². The highest BCUT2D eigenvalue weighted by Crippen LogP contribution is 2.38. The molecule has 3 atom stereocenters. The first-order valence-corrected chi connectivity index (χ1v) is 9.07. The second-order valence-electron chi connectivity index (χ2n) is 6.83. The van der Waals surface area contributed by atoms with Crippen molar-refractivity contribution in [3.8, 4) is 5.75 Å². The fraction of sp³-hybridized carbons (Fsp3) is 0.450. The van der Waals surface area contributed by atoms with Crippen molar-refractivity contribution in [2.24, 2.45) is 5.92 Å². The molecule has 132 valence electrons. The first kappa shape index (κ1) is 16.2. The van der Waals surface area contributed by atoms with Gasteiger partial charge in [0.2, 0.25) is 0 Å². The molecule has 2 aliphatic heterocycles. The van der Waals surface area contributed by atoms with E-state index in [0.29, 0.717) is 37.8 Å². The summed E-state index contributed by atoms with van der Waals surface area (Å²) < 4.78 is 11.6. The molecule has 0 unspecified atom stereocenters. The average molecular weight is 340 g/mol. The summed E-state index contributed by atoms with van der Waals surface area (Å²) in [5.41, 5.74) is 0. The van der Waals surface area contributed by atoms with Crippen LogP contribution in [0.4, 0.5) is 4.79 Å². The Balaban J connectivity index is 1.18. The lowest BCUT2D eigenvalue weighted by Gasteiger charge is -2.19. The van der Waals surface area contributed by atoms with Gasteiger partial charge < -0.3 is 20.1 Å². The minimum Gasteiger partial charge on any atom is -0.491 e. The number of ether oxygens (including phenoxy) is 2. The Hall–Kier alpha value is -2.27. The van der Waals surface area contributed by atoms with Crippen LogP contribution >= 0.6 is 0 Å². The van der Waals surface area contributed by atoms with Crippen molar-refractivity contribution in [2.75, 3.05) is 19.7 Å². The number of carbonyl (C=O) groups is 1. The fourth-order valence-corrected chi connectivity index (χ4v) is 3.89. The number of hydrogen-bond acceptors (Lipinski definition) is 3. The van der Waals surface area contributed by atoms with Gasteiger partial charge in [-0.1, -0.05) is 36.4 Å². The summed E-state index contributed by atoms with van der Waals surface area (Å²) in [4.78, 5) is 11.9. The number of rotatable bonds is 6. The van der Waals surface area contributed by atoms with Crippen molar-refractivity contribution in [3.63, 3.8) is 0 Å². The van der Waals surface area contributed by atoms with Crippen LogP contribution < -0.4 is 15.4 Å². The van der Waals surface area contributed by atoms with Crippen LogP contribution in [0.5, 0.6) is 5.75 Å². The molecule has 5 heteroatoms. The number of urea groups is 1. The Morgan fingerprint density at radius 3 is 2.84 bits per heavy atom. The van der Waals surface area contributed by atoms with Gasteiger partial charge in [-0.25, -0.2) is 4.79 Å².